The number of para-hydroxylation sites is 1. The highest BCUT2D eigenvalue weighted by atomic mass is 16.5. The Bertz CT molecular complexity index is 662. The molecule has 0 aliphatic carbocycles. The Labute approximate surface area is 117 Å². The molecule has 0 aliphatic rings. The topological polar surface area (TPSA) is 76.1 Å². The molecule has 0 radical (unpaired) electrons. The zero-order valence-electron chi connectivity index (χ0n) is 11.0. The molecule has 4 heteroatoms. The third-order valence-electron chi connectivity index (χ3n) is 3.10. The molecule has 1 amide bonds. The van der Waals surface area contributed by atoms with Crippen LogP contribution in [-0.4, -0.2) is 5.91 Å². The largest absolute Gasteiger partial charge is 0.473 e. The third kappa shape index (κ3) is 2.47. The quantitative estimate of drug-likeness (QED) is 0.922. The molecule has 0 spiro atoms. The molecule has 2 N–H and O–H groups in total. The lowest BCUT2D eigenvalue weighted by atomic mass is 9.91. The molecule has 0 fully saturated rings. The summed E-state index contributed by atoms with van der Waals surface area (Å²) in [5, 5.41) is 9.17. The first-order valence-corrected chi connectivity index (χ1v) is 6.11. The number of hydrogen-bond acceptors (Lipinski definition) is 3. The maximum absolute atomic E-state index is 11.9. The van der Waals surface area contributed by atoms with Crippen molar-refractivity contribution < 1.29 is 9.53 Å². The molecule has 0 heterocycles. The number of nitrogens with zero attached hydrogens (tertiary/aromatic N) is 1. The van der Waals surface area contributed by atoms with Gasteiger partial charge in [0.2, 0.25) is 5.60 Å². The predicted octanol–water partition coefficient (Wildman–Crippen LogP) is 2.34. The summed E-state index contributed by atoms with van der Waals surface area (Å²) in [4.78, 5) is 11.9. The van der Waals surface area contributed by atoms with Crippen LogP contribution in [0.5, 0.6) is 5.75 Å². The molecule has 1 atom stereocenters. The normalized spacial score (nSPS) is 13.0. The SMILES string of the molecule is CC(Oc1ccccc1)(C(N)=O)c1ccccc1C#N. The molecular formula is C16H14N2O2. The van der Waals surface area contributed by atoms with E-state index in [9.17, 15) is 10.1 Å². The third-order valence-corrected chi connectivity index (χ3v) is 3.10. The molecule has 2 aromatic rings. The van der Waals surface area contributed by atoms with Gasteiger partial charge in [0, 0.05) is 5.56 Å². The van der Waals surface area contributed by atoms with Crippen LogP contribution in [0, 0.1) is 11.3 Å². The fraction of sp³-hybridized carbons (Fsp3) is 0.125. The second-order valence-corrected chi connectivity index (χ2v) is 4.47. The van der Waals surface area contributed by atoms with E-state index in [4.69, 9.17) is 10.5 Å². The van der Waals surface area contributed by atoms with E-state index in [0.717, 1.165) is 0 Å². The van der Waals surface area contributed by atoms with Crippen LogP contribution in [0.1, 0.15) is 18.1 Å². The fourth-order valence-corrected chi connectivity index (χ4v) is 1.96. The van der Waals surface area contributed by atoms with Gasteiger partial charge in [0.1, 0.15) is 5.75 Å². The van der Waals surface area contributed by atoms with Crippen molar-refractivity contribution in [1.29, 1.82) is 5.26 Å². The van der Waals surface area contributed by atoms with Crippen LogP contribution >= 0.6 is 0 Å². The number of carbonyl (C=O) groups excluding carboxylic acids is 1. The minimum atomic E-state index is -1.40. The number of nitrogens with two attached hydrogens (primary N) is 1. The maximum atomic E-state index is 11.9. The molecular weight excluding hydrogens is 252 g/mol. The van der Waals surface area contributed by atoms with Crippen molar-refractivity contribution in [3.63, 3.8) is 0 Å². The van der Waals surface area contributed by atoms with E-state index in [1.165, 1.54) is 0 Å². The summed E-state index contributed by atoms with van der Waals surface area (Å²) in [5.74, 6) is -0.134. The molecule has 1 unspecified atom stereocenters. The van der Waals surface area contributed by atoms with Crippen LogP contribution in [0.15, 0.2) is 54.6 Å². The first-order valence-electron chi connectivity index (χ1n) is 6.11. The van der Waals surface area contributed by atoms with Gasteiger partial charge >= 0.3 is 0 Å². The van der Waals surface area contributed by atoms with Crippen LogP contribution in [0.25, 0.3) is 0 Å². The molecule has 0 bridgehead atoms. The number of hydrogen-bond donors (Lipinski definition) is 1. The predicted molar refractivity (Wildman–Crippen MR) is 74.8 cm³/mol. The number of primary amides is 1. The standard InChI is InChI=1S/C16H14N2O2/c1-16(15(18)19,20-13-8-3-2-4-9-13)14-10-6-5-7-12(14)11-17/h2-10H,1H3,(H2,18,19). The van der Waals surface area contributed by atoms with Gasteiger partial charge in [-0.1, -0.05) is 36.4 Å². The summed E-state index contributed by atoms with van der Waals surface area (Å²) in [6.45, 7) is 1.57. The van der Waals surface area contributed by atoms with Crippen molar-refractivity contribution >= 4 is 5.91 Å². The average molecular weight is 266 g/mol. The summed E-state index contributed by atoms with van der Waals surface area (Å²) in [6, 6.07) is 17.7. The van der Waals surface area contributed by atoms with Crippen molar-refractivity contribution in [2.24, 2.45) is 5.73 Å². The maximum Gasteiger partial charge on any atom is 0.266 e. The van der Waals surface area contributed by atoms with Gasteiger partial charge in [-0.2, -0.15) is 5.26 Å². The summed E-state index contributed by atoms with van der Waals surface area (Å²) >= 11 is 0. The first kappa shape index (κ1) is 13.6. The van der Waals surface area contributed by atoms with Gasteiger partial charge < -0.3 is 10.5 Å². The minimum absolute atomic E-state index is 0.365. The Morgan fingerprint density at radius 3 is 2.35 bits per heavy atom. The van der Waals surface area contributed by atoms with Gasteiger partial charge in [-0.15, -0.1) is 0 Å². The molecule has 0 saturated heterocycles. The molecule has 4 nitrogen and oxygen atoms in total. The van der Waals surface area contributed by atoms with E-state index in [-0.39, 0.29) is 0 Å². The summed E-state index contributed by atoms with van der Waals surface area (Å²) in [6.07, 6.45) is 0. The van der Waals surface area contributed by atoms with Crippen LogP contribution in [0.2, 0.25) is 0 Å². The Morgan fingerprint density at radius 2 is 1.75 bits per heavy atom. The van der Waals surface area contributed by atoms with Gasteiger partial charge in [0.05, 0.1) is 11.6 Å². The van der Waals surface area contributed by atoms with Crippen molar-refractivity contribution in [1.82, 2.24) is 0 Å². The highest BCUT2D eigenvalue weighted by molar-refractivity contribution is 5.85. The van der Waals surface area contributed by atoms with E-state index in [0.29, 0.717) is 16.9 Å². The van der Waals surface area contributed by atoms with E-state index in [2.05, 4.69) is 6.07 Å². The highest BCUT2D eigenvalue weighted by Gasteiger charge is 2.37. The lowest BCUT2D eigenvalue weighted by molar-refractivity contribution is -0.132. The van der Waals surface area contributed by atoms with Gasteiger partial charge in [0.25, 0.3) is 5.91 Å². The average Bonchev–Trinajstić information content (AvgIpc) is 2.48. The van der Waals surface area contributed by atoms with E-state index >= 15 is 0 Å². The zero-order valence-corrected chi connectivity index (χ0v) is 11.0. The number of nitriles is 1. The first-order chi connectivity index (χ1) is 9.58. The molecule has 0 saturated carbocycles. The molecule has 0 aromatic heterocycles. The number of rotatable bonds is 4. The Morgan fingerprint density at radius 1 is 1.15 bits per heavy atom. The molecule has 100 valence electrons. The number of ether oxygens (including phenoxy) is 1. The highest BCUT2D eigenvalue weighted by Crippen LogP contribution is 2.30. The van der Waals surface area contributed by atoms with E-state index < -0.39 is 11.5 Å². The number of benzene rings is 2. The van der Waals surface area contributed by atoms with Gasteiger partial charge in [0.15, 0.2) is 0 Å². The molecule has 2 rings (SSSR count). The molecule has 20 heavy (non-hydrogen) atoms. The van der Waals surface area contributed by atoms with Gasteiger partial charge in [-0.25, -0.2) is 0 Å². The molecule has 2 aromatic carbocycles. The monoisotopic (exact) mass is 266 g/mol. The zero-order chi connectivity index (χ0) is 14.6. The summed E-state index contributed by atoms with van der Waals surface area (Å²) in [7, 11) is 0. The Balaban J connectivity index is 2.50. The van der Waals surface area contributed by atoms with Gasteiger partial charge in [-0.3, -0.25) is 4.79 Å². The van der Waals surface area contributed by atoms with Crippen molar-refractivity contribution in [3.05, 3.63) is 65.7 Å². The summed E-state index contributed by atoms with van der Waals surface area (Å²) < 4.78 is 5.77. The Hall–Kier alpha value is -2.80. The van der Waals surface area contributed by atoms with Crippen LogP contribution in [0.3, 0.4) is 0 Å². The smallest absolute Gasteiger partial charge is 0.266 e. The van der Waals surface area contributed by atoms with E-state index in [1.807, 2.05) is 6.07 Å². The molecule has 0 aliphatic heterocycles. The lowest BCUT2D eigenvalue weighted by Gasteiger charge is -2.28. The minimum Gasteiger partial charge on any atom is -0.473 e. The van der Waals surface area contributed by atoms with Crippen LogP contribution in [0.4, 0.5) is 0 Å². The van der Waals surface area contributed by atoms with Crippen LogP contribution in [-0.2, 0) is 10.4 Å². The van der Waals surface area contributed by atoms with Crippen LogP contribution < -0.4 is 10.5 Å². The van der Waals surface area contributed by atoms with Crippen molar-refractivity contribution in [2.45, 2.75) is 12.5 Å². The number of amides is 1. The Kier molecular flexibility index (Phi) is 3.72. The van der Waals surface area contributed by atoms with Crippen molar-refractivity contribution in [2.75, 3.05) is 0 Å². The lowest BCUT2D eigenvalue weighted by Crippen LogP contribution is -2.44. The van der Waals surface area contributed by atoms with E-state index in [1.54, 1.807) is 55.5 Å². The van der Waals surface area contributed by atoms with Gasteiger partial charge in [-0.05, 0) is 25.1 Å². The summed E-state index contributed by atoms with van der Waals surface area (Å²) in [5.41, 5.74) is 4.93. The second-order valence-electron chi connectivity index (χ2n) is 4.47. The van der Waals surface area contributed by atoms with Crippen molar-refractivity contribution in [3.8, 4) is 11.8 Å². The second kappa shape index (κ2) is 5.45. The fourth-order valence-electron chi connectivity index (χ4n) is 1.96. The number of carbonyl (C=O) groups is 1.